The highest BCUT2D eigenvalue weighted by Crippen LogP contribution is 2.28. The molecule has 0 bridgehead atoms. The Morgan fingerprint density at radius 2 is 1.73 bits per heavy atom. The number of carbonyl (C=O) groups is 1. The molecule has 1 aliphatic heterocycles. The Morgan fingerprint density at radius 3 is 2.46 bits per heavy atom. The summed E-state index contributed by atoms with van der Waals surface area (Å²) in [4.78, 5) is 29.7. The molecule has 0 spiro atoms. The second-order valence-corrected chi connectivity index (χ2v) is 9.91. The van der Waals surface area contributed by atoms with Gasteiger partial charge in [-0.05, 0) is 49.2 Å². The first kappa shape index (κ1) is 23.2. The molecular weight excluding hydrogens is 484 g/mol. The van der Waals surface area contributed by atoms with Crippen LogP contribution in [-0.4, -0.2) is 45.5 Å². The minimum absolute atomic E-state index is 0.0289. The first-order valence-electron chi connectivity index (χ1n) is 12.2. The second kappa shape index (κ2) is 10.0. The number of ether oxygens (including phenoxy) is 1. The number of nitrogens with one attached hydrogen (secondary N) is 1. The maximum absolute atomic E-state index is 13.0. The van der Waals surface area contributed by atoms with Crippen LogP contribution < -0.4 is 15.0 Å². The van der Waals surface area contributed by atoms with E-state index in [4.69, 9.17) is 4.74 Å². The van der Waals surface area contributed by atoms with Gasteiger partial charge >= 0.3 is 0 Å². The van der Waals surface area contributed by atoms with Gasteiger partial charge in [-0.25, -0.2) is 15.0 Å². The van der Waals surface area contributed by atoms with Gasteiger partial charge in [0, 0.05) is 59.7 Å². The molecule has 0 radical (unpaired) electrons. The molecule has 8 nitrogen and oxygen atoms in total. The van der Waals surface area contributed by atoms with Crippen LogP contribution in [0.2, 0.25) is 0 Å². The lowest BCUT2D eigenvalue weighted by Gasteiger charge is -2.32. The summed E-state index contributed by atoms with van der Waals surface area (Å²) in [5, 5.41) is 5.11. The van der Waals surface area contributed by atoms with Gasteiger partial charge in [0.1, 0.15) is 17.9 Å². The number of hydrogen-bond donors (Lipinski definition) is 1. The summed E-state index contributed by atoms with van der Waals surface area (Å²) in [5.41, 5.74) is 4.64. The molecule has 0 atom stereocenters. The summed E-state index contributed by atoms with van der Waals surface area (Å²) >= 11 is 1.61. The number of aromatic nitrogens is 4. The van der Waals surface area contributed by atoms with E-state index in [1.807, 2.05) is 76.8 Å². The normalized spacial score (nSPS) is 14.1. The molecule has 1 amide bonds. The maximum atomic E-state index is 13.0. The smallest absolute Gasteiger partial charge is 0.227 e. The number of anilines is 2. The van der Waals surface area contributed by atoms with Crippen molar-refractivity contribution in [1.29, 1.82) is 0 Å². The molecule has 1 saturated heterocycles. The molecule has 0 aliphatic carbocycles. The summed E-state index contributed by atoms with van der Waals surface area (Å²) in [7, 11) is 1.65. The van der Waals surface area contributed by atoms with Crippen LogP contribution in [0.3, 0.4) is 0 Å². The quantitative estimate of drug-likeness (QED) is 0.330. The molecule has 0 unspecified atom stereocenters. The molecule has 0 saturated carbocycles. The maximum Gasteiger partial charge on any atom is 0.227 e. The highest BCUT2D eigenvalue weighted by atomic mass is 32.1. The lowest BCUT2D eigenvalue weighted by molar-refractivity contribution is -0.120. The van der Waals surface area contributed by atoms with Gasteiger partial charge in [0.2, 0.25) is 5.91 Å². The van der Waals surface area contributed by atoms with E-state index in [0.717, 1.165) is 70.7 Å². The standard InChI is InChI=1S/C28H26N6O2S/c1-36-23-8-4-19(5-9-23)24-16-26(30-18-29-24)33-12-10-21(11-13-33)27(35)31-22-6-2-20(3-7-22)25-17-34-14-15-37-28(34)32-25/h2-9,14-18,21H,10-13H2,1H3,(H,31,35). The number of thiazole rings is 1. The first-order chi connectivity index (χ1) is 18.2. The van der Waals surface area contributed by atoms with Crippen molar-refractivity contribution in [2.75, 3.05) is 30.4 Å². The van der Waals surface area contributed by atoms with Crippen molar-refractivity contribution in [3.63, 3.8) is 0 Å². The van der Waals surface area contributed by atoms with Gasteiger partial charge < -0.3 is 15.0 Å². The van der Waals surface area contributed by atoms with Gasteiger partial charge in [-0.1, -0.05) is 12.1 Å². The lowest BCUT2D eigenvalue weighted by atomic mass is 9.95. The summed E-state index contributed by atoms with van der Waals surface area (Å²) in [5.74, 6) is 1.73. The highest BCUT2D eigenvalue weighted by molar-refractivity contribution is 7.15. The van der Waals surface area contributed by atoms with E-state index in [1.165, 1.54) is 0 Å². The van der Waals surface area contributed by atoms with Crippen molar-refractivity contribution in [3.8, 4) is 28.3 Å². The van der Waals surface area contributed by atoms with Crippen molar-refractivity contribution in [2.45, 2.75) is 12.8 Å². The Hall–Kier alpha value is -4.24. The average Bonchev–Trinajstić information content (AvgIpc) is 3.57. The second-order valence-electron chi connectivity index (χ2n) is 9.04. The SMILES string of the molecule is COc1ccc(-c2cc(N3CCC(C(=O)Nc4ccc(-c5cn6ccsc6n5)cc4)CC3)ncn2)cc1. The number of carbonyl (C=O) groups excluding carboxylic acids is 1. The topological polar surface area (TPSA) is 84.7 Å². The van der Waals surface area contributed by atoms with Crippen LogP contribution in [0.25, 0.3) is 27.5 Å². The van der Waals surface area contributed by atoms with Crippen molar-refractivity contribution in [2.24, 2.45) is 5.92 Å². The summed E-state index contributed by atoms with van der Waals surface area (Å²) in [6, 6.07) is 17.7. The largest absolute Gasteiger partial charge is 0.497 e. The molecular formula is C28H26N6O2S. The van der Waals surface area contributed by atoms with Gasteiger partial charge in [-0.3, -0.25) is 9.20 Å². The Morgan fingerprint density at radius 1 is 1.00 bits per heavy atom. The summed E-state index contributed by atoms with van der Waals surface area (Å²) < 4.78 is 7.26. The molecule has 1 N–H and O–H groups in total. The van der Waals surface area contributed by atoms with Crippen LogP contribution in [0.15, 0.2) is 78.7 Å². The Labute approximate surface area is 218 Å². The fourth-order valence-electron chi connectivity index (χ4n) is 4.65. The lowest BCUT2D eigenvalue weighted by Crippen LogP contribution is -2.38. The van der Waals surface area contributed by atoms with Crippen LogP contribution in [0.1, 0.15) is 12.8 Å². The molecule has 9 heteroatoms. The van der Waals surface area contributed by atoms with Crippen molar-refractivity contribution in [1.82, 2.24) is 19.4 Å². The zero-order valence-corrected chi connectivity index (χ0v) is 21.2. The number of fused-ring (bicyclic) bond motifs is 1. The third-order valence-electron chi connectivity index (χ3n) is 6.77. The molecule has 1 fully saturated rings. The molecule has 2 aromatic carbocycles. The number of imidazole rings is 1. The highest BCUT2D eigenvalue weighted by Gasteiger charge is 2.26. The van der Waals surface area contributed by atoms with Gasteiger partial charge in [-0.15, -0.1) is 11.3 Å². The van der Waals surface area contributed by atoms with Gasteiger partial charge in [0.25, 0.3) is 0 Å². The van der Waals surface area contributed by atoms with Crippen LogP contribution in [-0.2, 0) is 4.79 Å². The Balaban J connectivity index is 1.05. The van der Waals surface area contributed by atoms with Crippen LogP contribution in [0.5, 0.6) is 5.75 Å². The summed E-state index contributed by atoms with van der Waals surface area (Å²) in [6.07, 6.45) is 7.17. The molecule has 186 valence electrons. The third-order valence-corrected chi connectivity index (χ3v) is 7.54. The van der Waals surface area contributed by atoms with Crippen molar-refractivity contribution < 1.29 is 9.53 Å². The minimum Gasteiger partial charge on any atom is -0.497 e. The number of rotatable bonds is 6. The average molecular weight is 511 g/mol. The van der Waals surface area contributed by atoms with E-state index in [0.29, 0.717) is 0 Å². The van der Waals surface area contributed by atoms with E-state index in [-0.39, 0.29) is 11.8 Å². The fraction of sp³-hybridized carbons (Fsp3) is 0.214. The molecule has 5 aromatic rings. The number of hydrogen-bond acceptors (Lipinski definition) is 7. The number of piperidine rings is 1. The zero-order chi connectivity index (χ0) is 25.2. The molecule has 1 aliphatic rings. The minimum atomic E-state index is -0.0289. The van der Waals surface area contributed by atoms with Gasteiger partial charge in [0.05, 0.1) is 18.5 Å². The first-order valence-corrected chi connectivity index (χ1v) is 13.1. The third kappa shape index (κ3) is 4.90. The molecule has 6 rings (SSSR count). The number of nitrogens with zero attached hydrogens (tertiary/aromatic N) is 5. The van der Waals surface area contributed by atoms with E-state index >= 15 is 0 Å². The van der Waals surface area contributed by atoms with Crippen molar-refractivity contribution in [3.05, 3.63) is 78.7 Å². The number of benzene rings is 2. The van der Waals surface area contributed by atoms with E-state index in [9.17, 15) is 4.79 Å². The monoisotopic (exact) mass is 510 g/mol. The van der Waals surface area contributed by atoms with Crippen LogP contribution in [0, 0.1) is 5.92 Å². The summed E-state index contributed by atoms with van der Waals surface area (Å²) in [6.45, 7) is 1.54. The predicted molar refractivity (Wildman–Crippen MR) is 146 cm³/mol. The van der Waals surface area contributed by atoms with Gasteiger partial charge in [-0.2, -0.15) is 0 Å². The molecule has 37 heavy (non-hydrogen) atoms. The van der Waals surface area contributed by atoms with Crippen LogP contribution >= 0.6 is 11.3 Å². The van der Waals surface area contributed by atoms with Crippen molar-refractivity contribution >= 4 is 33.7 Å². The fourth-order valence-corrected chi connectivity index (χ4v) is 5.35. The van der Waals surface area contributed by atoms with E-state index in [1.54, 1.807) is 24.8 Å². The van der Waals surface area contributed by atoms with Crippen LogP contribution in [0.4, 0.5) is 11.5 Å². The Bertz CT molecular complexity index is 1490. The molecule has 4 heterocycles. The molecule has 3 aromatic heterocycles. The van der Waals surface area contributed by atoms with E-state index in [2.05, 4.69) is 25.2 Å². The van der Waals surface area contributed by atoms with Gasteiger partial charge in [0.15, 0.2) is 4.96 Å². The zero-order valence-electron chi connectivity index (χ0n) is 20.4. The Kier molecular flexibility index (Phi) is 6.28. The number of amides is 1. The predicted octanol–water partition coefficient (Wildman–Crippen LogP) is 5.38. The number of methoxy groups -OCH3 is 1. The van der Waals surface area contributed by atoms with E-state index < -0.39 is 0 Å².